The molecule has 0 aliphatic heterocycles. The topological polar surface area (TPSA) is 102 Å². The molecule has 0 aromatic carbocycles. The summed E-state index contributed by atoms with van der Waals surface area (Å²) in [6.45, 7) is 3.75. The normalized spacial score (nSPS) is 15.8. The minimum absolute atomic E-state index is 0.0126. The van der Waals surface area contributed by atoms with Crippen molar-refractivity contribution < 1.29 is 19.4 Å². The Morgan fingerprint density at radius 3 is 2.44 bits per heavy atom. The molecule has 18 heavy (non-hydrogen) atoms. The third-order valence-corrected chi connectivity index (χ3v) is 2.77. The molecular formula is C12H24N2O4. The number of amides is 1. The smallest absolute Gasteiger partial charge is 0.306 e. The SMILES string of the molecule is COCC(N)C(=O)NC(C)CCCC(C)C(=O)O. The van der Waals surface area contributed by atoms with Gasteiger partial charge in [0.05, 0.1) is 12.5 Å². The van der Waals surface area contributed by atoms with Crippen LogP contribution in [0, 0.1) is 5.92 Å². The second-order valence-electron chi connectivity index (χ2n) is 4.64. The Labute approximate surface area is 108 Å². The van der Waals surface area contributed by atoms with Crippen LogP contribution in [0.1, 0.15) is 33.1 Å². The van der Waals surface area contributed by atoms with Gasteiger partial charge in [0.15, 0.2) is 0 Å². The van der Waals surface area contributed by atoms with Gasteiger partial charge in [-0.15, -0.1) is 0 Å². The van der Waals surface area contributed by atoms with E-state index in [1.54, 1.807) is 6.92 Å². The van der Waals surface area contributed by atoms with Crippen LogP contribution in [0.4, 0.5) is 0 Å². The van der Waals surface area contributed by atoms with Gasteiger partial charge in [-0.25, -0.2) is 0 Å². The Morgan fingerprint density at radius 2 is 1.94 bits per heavy atom. The van der Waals surface area contributed by atoms with Crippen molar-refractivity contribution >= 4 is 11.9 Å². The molecule has 3 unspecified atom stereocenters. The van der Waals surface area contributed by atoms with Crippen molar-refractivity contribution in [3.05, 3.63) is 0 Å². The van der Waals surface area contributed by atoms with E-state index in [4.69, 9.17) is 15.6 Å². The van der Waals surface area contributed by atoms with Crippen molar-refractivity contribution in [1.29, 1.82) is 0 Å². The maximum atomic E-state index is 11.5. The van der Waals surface area contributed by atoms with Crippen molar-refractivity contribution in [2.45, 2.75) is 45.2 Å². The molecule has 4 N–H and O–H groups in total. The number of hydrogen-bond acceptors (Lipinski definition) is 4. The van der Waals surface area contributed by atoms with Crippen LogP contribution in [0.25, 0.3) is 0 Å². The van der Waals surface area contributed by atoms with E-state index in [1.807, 2.05) is 6.92 Å². The van der Waals surface area contributed by atoms with Gasteiger partial charge in [-0.05, 0) is 19.8 Å². The third kappa shape index (κ3) is 7.24. The standard InChI is InChI=1S/C12H24N2O4/c1-8(12(16)17)5-4-6-9(2)14-11(15)10(13)7-18-3/h8-10H,4-7,13H2,1-3H3,(H,14,15)(H,16,17). The molecule has 0 aromatic rings. The molecule has 0 bridgehead atoms. The van der Waals surface area contributed by atoms with E-state index in [-0.39, 0.29) is 24.5 Å². The summed E-state index contributed by atoms with van der Waals surface area (Å²) >= 11 is 0. The number of carboxylic acid groups (broad SMARTS) is 1. The predicted octanol–water partition coefficient (Wildman–Crippen LogP) is 0.356. The molecule has 0 heterocycles. The maximum absolute atomic E-state index is 11.5. The summed E-state index contributed by atoms with van der Waals surface area (Å²) < 4.78 is 4.79. The van der Waals surface area contributed by atoms with Crippen LogP contribution in [0.2, 0.25) is 0 Å². The fraction of sp³-hybridized carbons (Fsp3) is 0.833. The molecule has 6 nitrogen and oxygen atoms in total. The molecule has 0 radical (unpaired) electrons. The molecule has 106 valence electrons. The second kappa shape index (κ2) is 8.88. The van der Waals surface area contributed by atoms with E-state index in [0.29, 0.717) is 6.42 Å². The largest absolute Gasteiger partial charge is 0.481 e. The highest BCUT2D eigenvalue weighted by Crippen LogP contribution is 2.09. The number of methoxy groups -OCH3 is 1. The summed E-state index contributed by atoms with van der Waals surface area (Å²) in [4.78, 5) is 22.2. The van der Waals surface area contributed by atoms with E-state index >= 15 is 0 Å². The number of ether oxygens (including phenoxy) is 1. The molecular weight excluding hydrogens is 236 g/mol. The second-order valence-corrected chi connectivity index (χ2v) is 4.64. The molecule has 3 atom stereocenters. The lowest BCUT2D eigenvalue weighted by Crippen LogP contribution is -2.46. The van der Waals surface area contributed by atoms with Crippen molar-refractivity contribution in [2.24, 2.45) is 11.7 Å². The first-order valence-electron chi connectivity index (χ1n) is 6.16. The Kier molecular flexibility index (Phi) is 8.32. The van der Waals surface area contributed by atoms with Crippen molar-refractivity contribution in [3.8, 4) is 0 Å². The summed E-state index contributed by atoms with van der Waals surface area (Å²) in [6, 6.07) is -0.670. The van der Waals surface area contributed by atoms with Crippen molar-refractivity contribution in [2.75, 3.05) is 13.7 Å². The summed E-state index contributed by atoms with van der Waals surface area (Å²) in [5.41, 5.74) is 5.58. The van der Waals surface area contributed by atoms with E-state index < -0.39 is 12.0 Å². The summed E-state index contributed by atoms with van der Waals surface area (Å²) in [7, 11) is 1.49. The van der Waals surface area contributed by atoms with Crippen LogP contribution in [0.3, 0.4) is 0 Å². The maximum Gasteiger partial charge on any atom is 0.306 e. The molecule has 0 aromatic heterocycles. The zero-order valence-electron chi connectivity index (χ0n) is 11.3. The first kappa shape index (κ1) is 16.9. The predicted molar refractivity (Wildman–Crippen MR) is 68.1 cm³/mol. The van der Waals surface area contributed by atoms with Gasteiger partial charge in [0.1, 0.15) is 6.04 Å². The number of nitrogens with two attached hydrogens (primary N) is 1. The lowest BCUT2D eigenvalue weighted by atomic mass is 10.0. The van der Waals surface area contributed by atoms with Crippen LogP contribution < -0.4 is 11.1 Å². The van der Waals surface area contributed by atoms with Gasteiger partial charge < -0.3 is 20.9 Å². The fourth-order valence-electron chi connectivity index (χ4n) is 1.53. The molecule has 0 aliphatic carbocycles. The average Bonchev–Trinajstić information content (AvgIpc) is 2.28. The van der Waals surface area contributed by atoms with Gasteiger partial charge in [0, 0.05) is 13.2 Å². The summed E-state index contributed by atoms with van der Waals surface area (Å²) in [6.07, 6.45) is 2.11. The van der Waals surface area contributed by atoms with Gasteiger partial charge >= 0.3 is 5.97 Å². The van der Waals surface area contributed by atoms with Gasteiger partial charge in [0.2, 0.25) is 5.91 Å². The van der Waals surface area contributed by atoms with Crippen LogP contribution in [0.5, 0.6) is 0 Å². The lowest BCUT2D eigenvalue weighted by molar-refractivity contribution is -0.141. The Balaban J connectivity index is 3.80. The molecule has 0 rings (SSSR count). The zero-order chi connectivity index (χ0) is 14.1. The highest BCUT2D eigenvalue weighted by atomic mass is 16.5. The van der Waals surface area contributed by atoms with Crippen LogP contribution in [-0.4, -0.2) is 42.8 Å². The molecule has 0 saturated carbocycles. The summed E-state index contributed by atoms with van der Waals surface area (Å²) in [5.74, 6) is -1.37. The Hall–Kier alpha value is -1.14. The highest BCUT2D eigenvalue weighted by Gasteiger charge is 2.16. The lowest BCUT2D eigenvalue weighted by Gasteiger charge is -2.17. The van der Waals surface area contributed by atoms with E-state index in [9.17, 15) is 9.59 Å². The molecule has 0 saturated heterocycles. The van der Waals surface area contributed by atoms with Gasteiger partial charge in [0.25, 0.3) is 0 Å². The van der Waals surface area contributed by atoms with Crippen LogP contribution in [-0.2, 0) is 14.3 Å². The highest BCUT2D eigenvalue weighted by molar-refractivity contribution is 5.81. The fourth-order valence-corrected chi connectivity index (χ4v) is 1.53. The number of nitrogens with one attached hydrogen (secondary N) is 1. The van der Waals surface area contributed by atoms with Gasteiger partial charge in [-0.2, -0.15) is 0 Å². The monoisotopic (exact) mass is 260 g/mol. The number of hydrogen-bond donors (Lipinski definition) is 3. The zero-order valence-corrected chi connectivity index (χ0v) is 11.3. The number of carbonyl (C=O) groups is 2. The van der Waals surface area contributed by atoms with E-state index in [2.05, 4.69) is 5.32 Å². The third-order valence-electron chi connectivity index (χ3n) is 2.77. The number of carbonyl (C=O) groups excluding carboxylic acids is 1. The number of aliphatic carboxylic acids is 1. The quantitative estimate of drug-likeness (QED) is 0.555. The van der Waals surface area contributed by atoms with Crippen molar-refractivity contribution in [3.63, 3.8) is 0 Å². The molecule has 6 heteroatoms. The van der Waals surface area contributed by atoms with Crippen LogP contribution >= 0.6 is 0 Å². The summed E-state index contributed by atoms with van der Waals surface area (Å²) in [5, 5.41) is 11.5. The van der Waals surface area contributed by atoms with Crippen LogP contribution in [0.15, 0.2) is 0 Å². The number of carboxylic acids is 1. The molecule has 0 fully saturated rings. The molecule has 0 spiro atoms. The van der Waals surface area contributed by atoms with Crippen molar-refractivity contribution in [1.82, 2.24) is 5.32 Å². The van der Waals surface area contributed by atoms with E-state index in [0.717, 1.165) is 12.8 Å². The minimum atomic E-state index is -0.784. The minimum Gasteiger partial charge on any atom is -0.481 e. The molecule has 0 aliphatic rings. The number of rotatable bonds is 9. The van der Waals surface area contributed by atoms with Gasteiger partial charge in [-0.3, -0.25) is 9.59 Å². The van der Waals surface area contributed by atoms with E-state index in [1.165, 1.54) is 7.11 Å². The first-order chi connectivity index (χ1) is 8.38. The Morgan fingerprint density at radius 1 is 1.33 bits per heavy atom. The molecule has 1 amide bonds. The Bertz CT molecular complexity index is 271. The first-order valence-corrected chi connectivity index (χ1v) is 6.16. The average molecular weight is 260 g/mol. The van der Waals surface area contributed by atoms with Gasteiger partial charge in [-0.1, -0.05) is 13.3 Å².